The molecule has 0 aromatic heterocycles. The third kappa shape index (κ3) is 2.01. The van der Waals surface area contributed by atoms with Gasteiger partial charge in [0.2, 0.25) is 0 Å². The van der Waals surface area contributed by atoms with Gasteiger partial charge in [-0.05, 0) is 19.3 Å². The Hall–Kier alpha value is -0.900. The predicted molar refractivity (Wildman–Crippen MR) is 41.8 cm³/mol. The second kappa shape index (κ2) is 3.48. The van der Waals surface area contributed by atoms with E-state index in [1.807, 2.05) is 0 Å². The molecule has 0 amide bonds. The molecule has 1 aliphatic heterocycles. The molecule has 0 aliphatic carbocycles. The number of carboxylic acids is 1. The van der Waals surface area contributed by atoms with Gasteiger partial charge in [0.15, 0.2) is 0 Å². The predicted octanol–water partition coefficient (Wildman–Crippen LogP) is 0.0232. The second-order valence-electron chi connectivity index (χ2n) is 2.66. The lowest BCUT2D eigenvalue weighted by Crippen LogP contribution is -2.27. The van der Waals surface area contributed by atoms with Gasteiger partial charge >= 0.3 is 5.97 Å². The van der Waals surface area contributed by atoms with Crippen LogP contribution < -0.4 is 5.73 Å². The van der Waals surface area contributed by atoms with Crippen molar-refractivity contribution in [1.29, 1.82) is 0 Å². The van der Waals surface area contributed by atoms with Crippen LogP contribution in [0.5, 0.6) is 0 Å². The molecule has 0 spiro atoms. The Morgan fingerprint density at radius 3 is 3.09 bits per heavy atom. The summed E-state index contributed by atoms with van der Waals surface area (Å²) in [5.41, 5.74) is 5.65. The van der Waals surface area contributed by atoms with Gasteiger partial charge in [-0.1, -0.05) is 0 Å². The minimum atomic E-state index is -0.900. The lowest BCUT2D eigenvalue weighted by atomic mass is 10.0. The molecule has 1 rings (SSSR count). The molecule has 3 N–H and O–H groups in total. The molecular formula is C7H12N2O2. The highest BCUT2D eigenvalue weighted by Crippen LogP contribution is 2.12. The molecule has 0 radical (unpaired) electrons. The van der Waals surface area contributed by atoms with Gasteiger partial charge < -0.3 is 10.8 Å². The Morgan fingerprint density at radius 1 is 1.82 bits per heavy atom. The number of hydrogen-bond acceptors (Lipinski definition) is 3. The number of carbonyl (C=O) groups is 1. The zero-order valence-corrected chi connectivity index (χ0v) is 6.29. The third-order valence-corrected chi connectivity index (χ3v) is 1.81. The standard InChI is InChI=1S/C7H12N2O2/c8-4-5-2-1-3-6(9-5)7(10)11/h5H,1-4,8H2,(H,10,11). The van der Waals surface area contributed by atoms with Gasteiger partial charge in [0.1, 0.15) is 5.71 Å². The largest absolute Gasteiger partial charge is 0.477 e. The maximum Gasteiger partial charge on any atom is 0.349 e. The summed E-state index contributed by atoms with van der Waals surface area (Å²) in [5, 5.41) is 8.58. The highest BCUT2D eigenvalue weighted by Gasteiger charge is 2.17. The molecule has 1 heterocycles. The zero-order valence-electron chi connectivity index (χ0n) is 6.29. The average molecular weight is 156 g/mol. The van der Waals surface area contributed by atoms with Crippen molar-refractivity contribution in [3.05, 3.63) is 0 Å². The van der Waals surface area contributed by atoms with Crippen LogP contribution in [0.4, 0.5) is 0 Å². The minimum Gasteiger partial charge on any atom is -0.477 e. The van der Waals surface area contributed by atoms with Gasteiger partial charge in [-0.15, -0.1) is 0 Å². The van der Waals surface area contributed by atoms with Crippen LogP contribution in [0.1, 0.15) is 19.3 Å². The van der Waals surface area contributed by atoms with E-state index in [-0.39, 0.29) is 11.8 Å². The molecule has 62 valence electrons. The van der Waals surface area contributed by atoms with Crippen LogP contribution in [-0.2, 0) is 4.79 Å². The molecular weight excluding hydrogens is 144 g/mol. The zero-order chi connectivity index (χ0) is 8.27. The lowest BCUT2D eigenvalue weighted by Gasteiger charge is -2.16. The summed E-state index contributed by atoms with van der Waals surface area (Å²) in [4.78, 5) is 14.4. The quantitative estimate of drug-likeness (QED) is 0.592. The Kier molecular flexibility index (Phi) is 2.59. The van der Waals surface area contributed by atoms with Crippen LogP contribution in [0.15, 0.2) is 4.99 Å². The summed E-state index contributed by atoms with van der Waals surface area (Å²) < 4.78 is 0. The van der Waals surface area contributed by atoms with E-state index in [0.29, 0.717) is 13.0 Å². The van der Waals surface area contributed by atoms with E-state index in [1.165, 1.54) is 0 Å². The number of carboxylic acid groups (broad SMARTS) is 1. The molecule has 0 aromatic rings. The van der Waals surface area contributed by atoms with E-state index in [4.69, 9.17) is 10.8 Å². The summed E-state index contributed by atoms with van der Waals surface area (Å²) >= 11 is 0. The van der Waals surface area contributed by atoms with Gasteiger partial charge in [0.05, 0.1) is 6.04 Å². The van der Waals surface area contributed by atoms with Crippen molar-refractivity contribution in [3.63, 3.8) is 0 Å². The number of nitrogens with zero attached hydrogens (tertiary/aromatic N) is 1. The Bertz CT molecular complexity index is 189. The lowest BCUT2D eigenvalue weighted by molar-refractivity contribution is -0.129. The van der Waals surface area contributed by atoms with E-state index < -0.39 is 5.97 Å². The summed E-state index contributed by atoms with van der Waals surface area (Å²) in [6, 6.07) is 0.0369. The van der Waals surface area contributed by atoms with Gasteiger partial charge in [-0.3, -0.25) is 4.99 Å². The normalized spacial score (nSPS) is 24.5. The Balaban J connectivity index is 2.64. The first-order valence-corrected chi connectivity index (χ1v) is 3.74. The molecule has 4 heteroatoms. The molecule has 11 heavy (non-hydrogen) atoms. The molecule has 0 fully saturated rings. The van der Waals surface area contributed by atoms with Crippen LogP contribution in [-0.4, -0.2) is 29.4 Å². The van der Waals surface area contributed by atoms with Crippen molar-refractivity contribution in [2.45, 2.75) is 25.3 Å². The van der Waals surface area contributed by atoms with Crippen molar-refractivity contribution in [1.82, 2.24) is 0 Å². The van der Waals surface area contributed by atoms with E-state index in [0.717, 1.165) is 12.8 Å². The summed E-state index contributed by atoms with van der Waals surface area (Å²) in [6.45, 7) is 0.455. The Labute approximate surface area is 65.1 Å². The summed E-state index contributed by atoms with van der Waals surface area (Å²) in [6.07, 6.45) is 2.41. The molecule has 0 aromatic carbocycles. The maximum atomic E-state index is 10.4. The van der Waals surface area contributed by atoms with Gasteiger partial charge in [0.25, 0.3) is 0 Å². The number of rotatable bonds is 2. The van der Waals surface area contributed by atoms with Crippen molar-refractivity contribution >= 4 is 11.7 Å². The van der Waals surface area contributed by atoms with E-state index in [9.17, 15) is 4.79 Å². The van der Waals surface area contributed by atoms with Crippen molar-refractivity contribution in [2.75, 3.05) is 6.54 Å². The monoisotopic (exact) mass is 156 g/mol. The first kappa shape index (κ1) is 8.20. The molecule has 0 bridgehead atoms. The smallest absolute Gasteiger partial charge is 0.349 e. The van der Waals surface area contributed by atoms with E-state index in [2.05, 4.69) is 4.99 Å². The average Bonchev–Trinajstić information content (AvgIpc) is 2.05. The van der Waals surface area contributed by atoms with E-state index >= 15 is 0 Å². The molecule has 1 unspecified atom stereocenters. The molecule has 0 saturated heterocycles. The summed E-state index contributed by atoms with van der Waals surface area (Å²) in [7, 11) is 0. The Morgan fingerprint density at radius 2 is 2.55 bits per heavy atom. The highest BCUT2D eigenvalue weighted by atomic mass is 16.4. The minimum absolute atomic E-state index is 0.0369. The fourth-order valence-corrected chi connectivity index (χ4v) is 1.19. The fraction of sp³-hybridized carbons (Fsp3) is 0.714. The maximum absolute atomic E-state index is 10.4. The van der Waals surface area contributed by atoms with Gasteiger partial charge in [0, 0.05) is 6.54 Å². The number of aliphatic carboxylic acids is 1. The van der Waals surface area contributed by atoms with Crippen LogP contribution in [0, 0.1) is 0 Å². The molecule has 0 saturated carbocycles. The number of aliphatic imine (C=N–C) groups is 1. The van der Waals surface area contributed by atoms with Crippen molar-refractivity contribution < 1.29 is 9.90 Å². The fourth-order valence-electron chi connectivity index (χ4n) is 1.19. The van der Waals surface area contributed by atoms with Gasteiger partial charge in [-0.2, -0.15) is 0 Å². The van der Waals surface area contributed by atoms with Crippen LogP contribution in [0.2, 0.25) is 0 Å². The molecule has 1 atom stereocenters. The van der Waals surface area contributed by atoms with Crippen molar-refractivity contribution in [2.24, 2.45) is 10.7 Å². The number of hydrogen-bond donors (Lipinski definition) is 2. The first-order chi connectivity index (χ1) is 5.24. The second-order valence-corrected chi connectivity index (χ2v) is 2.66. The molecule has 1 aliphatic rings. The van der Waals surface area contributed by atoms with Crippen molar-refractivity contribution in [3.8, 4) is 0 Å². The highest BCUT2D eigenvalue weighted by molar-refractivity contribution is 6.35. The summed E-state index contributed by atoms with van der Waals surface area (Å²) in [5.74, 6) is -0.900. The SMILES string of the molecule is NCC1CCCC(C(=O)O)=N1. The number of nitrogens with two attached hydrogens (primary N) is 1. The van der Waals surface area contributed by atoms with Crippen LogP contribution >= 0.6 is 0 Å². The van der Waals surface area contributed by atoms with Crippen LogP contribution in [0.3, 0.4) is 0 Å². The first-order valence-electron chi connectivity index (χ1n) is 3.74. The molecule has 4 nitrogen and oxygen atoms in total. The topological polar surface area (TPSA) is 75.7 Å². The van der Waals surface area contributed by atoms with Gasteiger partial charge in [-0.25, -0.2) is 4.79 Å². The van der Waals surface area contributed by atoms with Crippen LogP contribution in [0.25, 0.3) is 0 Å². The third-order valence-electron chi connectivity index (χ3n) is 1.81. The van der Waals surface area contributed by atoms with E-state index in [1.54, 1.807) is 0 Å².